The lowest BCUT2D eigenvalue weighted by molar-refractivity contribution is -0.122. The molecular formula is C18H15BrN2O3. The Hall–Kier alpha value is -2.47. The van der Waals surface area contributed by atoms with E-state index in [1.165, 1.54) is 0 Å². The van der Waals surface area contributed by atoms with Crippen LogP contribution in [0.5, 0.6) is 0 Å². The number of hydrogen-bond donors (Lipinski definition) is 1. The SMILES string of the molecule is C[C@H](NC(=O)CN1C(=O)c2ccccc2C1=O)c1ccc(Br)cc1. The van der Waals surface area contributed by atoms with Crippen LogP contribution in [0.4, 0.5) is 0 Å². The number of rotatable bonds is 4. The molecule has 0 saturated carbocycles. The van der Waals surface area contributed by atoms with E-state index in [2.05, 4.69) is 21.2 Å². The predicted octanol–water partition coefficient (Wildman–Crippen LogP) is 2.92. The van der Waals surface area contributed by atoms with Crippen LogP contribution in [0.1, 0.15) is 39.2 Å². The fourth-order valence-electron chi connectivity index (χ4n) is 2.65. The van der Waals surface area contributed by atoms with E-state index >= 15 is 0 Å². The molecule has 0 bridgehead atoms. The zero-order valence-electron chi connectivity index (χ0n) is 13.0. The minimum atomic E-state index is -0.429. The monoisotopic (exact) mass is 386 g/mol. The van der Waals surface area contributed by atoms with Gasteiger partial charge in [-0.25, -0.2) is 0 Å². The van der Waals surface area contributed by atoms with Gasteiger partial charge in [0.05, 0.1) is 17.2 Å². The van der Waals surface area contributed by atoms with E-state index in [9.17, 15) is 14.4 Å². The van der Waals surface area contributed by atoms with Gasteiger partial charge < -0.3 is 5.32 Å². The molecule has 3 rings (SSSR count). The maximum atomic E-state index is 12.3. The van der Waals surface area contributed by atoms with E-state index in [0.29, 0.717) is 11.1 Å². The second-order valence-corrected chi connectivity index (χ2v) is 6.50. The van der Waals surface area contributed by atoms with Gasteiger partial charge in [-0.1, -0.05) is 40.2 Å². The molecule has 1 N–H and O–H groups in total. The summed E-state index contributed by atoms with van der Waals surface area (Å²) < 4.78 is 0.954. The van der Waals surface area contributed by atoms with Crippen molar-refractivity contribution in [1.82, 2.24) is 10.2 Å². The molecule has 0 aromatic heterocycles. The molecule has 1 aliphatic rings. The lowest BCUT2D eigenvalue weighted by atomic mass is 10.1. The number of nitrogens with zero attached hydrogens (tertiary/aromatic N) is 1. The van der Waals surface area contributed by atoms with Gasteiger partial charge in [-0.2, -0.15) is 0 Å². The highest BCUT2D eigenvalue weighted by atomic mass is 79.9. The van der Waals surface area contributed by atoms with E-state index < -0.39 is 11.8 Å². The van der Waals surface area contributed by atoms with Crippen molar-refractivity contribution in [3.63, 3.8) is 0 Å². The van der Waals surface area contributed by atoms with Crippen LogP contribution < -0.4 is 5.32 Å². The Bertz CT molecular complexity index is 782. The molecule has 24 heavy (non-hydrogen) atoms. The number of amides is 3. The van der Waals surface area contributed by atoms with Gasteiger partial charge in [0.2, 0.25) is 5.91 Å². The van der Waals surface area contributed by atoms with Crippen molar-refractivity contribution in [1.29, 1.82) is 0 Å². The highest BCUT2D eigenvalue weighted by Gasteiger charge is 2.36. The Morgan fingerprint density at radius 2 is 1.58 bits per heavy atom. The third kappa shape index (κ3) is 3.10. The number of imide groups is 1. The number of benzene rings is 2. The molecule has 122 valence electrons. The maximum absolute atomic E-state index is 12.3. The first-order valence-electron chi connectivity index (χ1n) is 7.47. The van der Waals surface area contributed by atoms with Crippen LogP contribution >= 0.6 is 15.9 Å². The van der Waals surface area contributed by atoms with Crippen molar-refractivity contribution < 1.29 is 14.4 Å². The second-order valence-electron chi connectivity index (χ2n) is 5.58. The van der Waals surface area contributed by atoms with Crippen molar-refractivity contribution in [2.45, 2.75) is 13.0 Å². The summed E-state index contributed by atoms with van der Waals surface area (Å²) in [5.41, 5.74) is 1.63. The highest BCUT2D eigenvalue weighted by molar-refractivity contribution is 9.10. The number of carbonyl (C=O) groups is 3. The van der Waals surface area contributed by atoms with Gasteiger partial charge in [0.1, 0.15) is 6.54 Å². The van der Waals surface area contributed by atoms with Crippen LogP contribution in [0.25, 0.3) is 0 Å². The number of halogens is 1. The minimum Gasteiger partial charge on any atom is -0.348 e. The third-order valence-corrected chi connectivity index (χ3v) is 4.46. The molecule has 0 saturated heterocycles. The van der Waals surface area contributed by atoms with E-state index in [0.717, 1.165) is 14.9 Å². The molecule has 1 heterocycles. The average Bonchev–Trinajstić information content (AvgIpc) is 2.81. The molecule has 3 amide bonds. The summed E-state index contributed by atoms with van der Waals surface area (Å²) in [5.74, 6) is -1.23. The van der Waals surface area contributed by atoms with Crippen molar-refractivity contribution in [3.8, 4) is 0 Å². The standard InChI is InChI=1S/C18H15BrN2O3/c1-11(12-6-8-13(19)9-7-12)20-16(22)10-21-17(23)14-4-2-3-5-15(14)18(21)24/h2-9,11H,10H2,1H3,(H,20,22)/t11-/m0/s1. The van der Waals surface area contributed by atoms with Crippen molar-refractivity contribution in [2.75, 3.05) is 6.54 Å². The average molecular weight is 387 g/mol. The highest BCUT2D eigenvalue weighted by Crippen LogP contribution is 2.22. The minimum absolute atomic E-state index is 0.221. The summed E-state index contributed by atoms with van der Waals surface area (Å²) >= 11 is 3.36. The zero-order chi connectivity index (χ0) is 17.3. The van der Waals surface area contributed by atoms with Gasteiger partial charge in [-0.05, 0) is 36.8 Å². The molecular weight excluding hydrogens is 372 g/mol. The lowest BCUT2D eigenvalue weighted by Gasteiger charge is -2.18. The topological polar surface area (TPSA) is 66.5 Å². The van der Waals surface area contributed by atoms with Gasteiger partial charge in [0.25, 0.3) is 11.8 Å². The Balaban J connectivity index is 1.66. The van der Waals surface area contributed by atoms with Gasteiger partial charge >= 0.3 is 0 Å². The fraction of sp³-hybridized carbons (Fsp3) is 0.167. The van der Waals surface area contributed by atoms with E-state index in [-0.39, 0.29) is 18.5 Å². The summed E-state index contributed by atoms with van der Waals surface area (Å²) in [6.45, 7) is 1.57. The van der Waals surface area contributed by atoms with E-state index in [4.69, 9.17) is 0 Å². The number of nitrogens with one attached hydrogen (secondary N) is 1. The fourth-order valence-corrected chi connectivity index (χ4v) is 2.91. The van der Waals surface area contributed by atoms with Crippen LogP contribution in [0.15, 0.2) is 53.0 Å². The molecule has 1 aliphatic heterocycles. The molecule has 1 atom stereocenters. The summed E-state index contributed by atoms with van der Waals surface area (Å²) in [6.07, 6.45) is 0. The van der Waals surface area contributed by atoms with Crippen molar-refractivity contribution in [2.24, 2.45) is 0 Å². The number of hydrogen-bond acceptors (Lipinski definition) is 3. The van der Waals surface area contributed by atoms with Gasteiger partial charge in [-0.3, -0.25) is 19.3 Å². The molecule has 0 unspecified atom stereocenters. The summed E-state index contributed by atoms with van der Waals surface area (Å²) in [6, 6.07) is 13.9. The van der Waals surface area contributed by atoms with Gasteiger partial charge in [0.15, 0.2) is 0 Å². The predicted molar refractivity (Wildman–Crippen MR) is 92.5 cm³/mol. The van der Waals surface area contributed by atoms with Gasteiger partial charge in [0, 0.05) is 4.47 Å². The molecule has 2 aromatic carbocycles. The largest absolute Gasteiger partial charge is 0.348 e. The summed E-state index contributed by atoms with van der Waals surface area (Å²) in [7, 11) is 0. The van der Waals surface area contributed by atoms with E-state index in [1.807, 2.05) is 31.2 Å². The van der Waals surface area contributed by atoms with Gasteiger partial charge in [-0.15, -0.1) is 0 Å². The molecule has 0 fully saturated rings. The molecule has 2 aromatic rings. The first-order chi connectivity index (χ1) is 11.5. The number of fused-ring (bicyclic) bond motifs is 1. The van der Waals surface area contributed by atoms with Crippen LogP contribution in [-0.2, 0) is 4.79 Å². The lowest BCUT2D eigenvalue weighted by Crippen LogP contribution is -2.41. The Labute approximate surface area is 147 Å². The quantitative estimate of drug-likeness (QED) is 0.821. The van der Waals surface area contributed by atoms with Crippen LogP contribution in [-0.4, -0.2) is 29.2 Å². The van der Waals surface area contributed by atoms with Crippen LogP contribution in [0, 0.1) is 0 Å². The zero-order valence-corrected chi connectivity index (χ0v) is 14.5. The summed E-state index contributed by atoms with van der Waals surface area (Å²) in [4.78, 5) is 37.7. The van der Waals surface area contributed by atoms with Crippen molar-refractivity contribution >= 4 is 33.7 Å². The first kappa shape index (κ1) is 16.4. The Morgan fingerprint density at radius 1 is 1.04 bits per heavy atom. The number of carbonyl (C=O) groups excluding carboxylic acids is 3. The third-order valence-electron chi connectivity index (χ3n) is 3.93. The molecule has 0 aliphatic carbocycles. The molecule has 0 radical (unpaired) electrons. The second kappa shape index (κ2) is 6.57. The maximum Gasteiger partial charge on any atom is 0.262 e. The molecule has 5 nitrogen and oxygen atoms in total. The Morgan fingerprint density at radius 3 is 2.12 bits per heavy atom. The Kier molecular flexibility index (Phi) is 4.49. The summed E-state index contributed by atoms with van der Waals surface area (Å²) in [5, 5.41) is 2.81. The van der Waals surface area contributed by atoms with Crippen LogP contribution in [0.3, 0.4) is 0 Å². The van der Waals surface area contributed by atoms with E-state index in [1.54, 1.807) is 24.3 Å². The van der Waals surface area contributed by atoms with Crippen LogP contribution in [0.2, 0.25) is 0 Å². The first-order valence-corrected chi connectivity index (χ1v) is 8.26. The smallest absolute Gasteiger partial charge is 0.262 e. The normalized spacial score (nSPS) is 14.5. The van der Waals surface area contributed by atoms with Crippen molar-refractivity contribution in [3.05, 3.63) is 69.7 Å². The molecule has 6 heteroatoms. The molecule has 0 spiro atoms.